The van der Waals surface area contributed by atoms with Crippen LogP contribution in [-0.2, 0) is 6.54 Å². The van der Waals surface area contributed by atoms with Crippen LogP contribution in [0, 0.1) is 6.92 Å². The Morgan fingerprint density at radius 2 is 2.15 bits per heavy atom. The summed E-state index contributed by atoms with van der Waals surface area (Å²) in [6.07, 6.45) is 1.89. The molecule has 0 spiro atoms. The van der Waals surface area contributed by atoms with E-state index in [2.05, 4.69) is 25.7 Å². The second kappa shape index (κ2) is 9.61. The standard InChI is InChI=1S/C17H21F2N5O2.ClH/c1-11-15(22-23-24(11)13-5-7-20-8-6-13)16(25)21-10-12-3-2-4-14(9-12)26-17(18)19;/h2-4,9,13,17,20H,5-8,10H2,1H3,(H,21,25);1H. The molecule has 2 aromatic rings. The number of alkyl halides is 2. The van der Waals surface area contributed by atoms with Gasteiger partial charge in [-0.2, -0.15) is 8.78 Å². The Labute approximate surface area is 161 Å². The zero-order valence-electron chi connectivity index (χ0n) is 14.8. The molecule has 0 atom stereocenters. The zero-order chi connectivity index (χ0) is 18.5. The summed E-state index contributed by atoms with van der Waals surface area (Å²) in [5.41, 5.74) is 1.66. The van der Waals surface area contributed by atoms with Gasteiger partial charge in [0.25, 0.3) is 5.91 Å². The van der Waals surface area contributed by atoms with Gasteiger partial charge < -0.3 is 15.4 Å². The smallest absolute Gasteiger partial charge is 0.387 e. The van der Waals surface area contributed by atoms with Crippen LogP contribution >= 0.6 is 12.4 Å². The summed E-state index contributed by atoms with van der Waals surface area (Å²) in [6, 6.07) is 6.46. The maximum Gasteiger partial charge on any atom is 0.387 e. The Balaban J connectivity index is 0.00000261. The summed E-state index contributed by atoms with van der Waals surface area (Å²) in [6.45, 7) is 0.963. The Kier molecular flexibility index (Phi) is 7.49. The summed E-state index contributed by atoms with van der Waals surface area (Å²) < 4.78 is 30.7. The Morgan fingerprint density at radius 3 is 2.85 bits per heavy atom. The minimum Gasteiger partial charge on any atom is -0.435 e. The van der Waals surface area contributed by atoms with Gasteiger partial charge in [-0.25, -0.2) is 4.68 Å². The van der Waals surface area contributed by atoms with E-state index in [9.17, 15) is 13.6 Å². The maximum atomic E-state index is 12.4. The average Bonchev–Trinajstić information content (AvgIpc) is 3.02. The van der Waals surface area contributed by atoms with Gasteiger partial charge >= 0.3 is 6.61 Å². The molecule has 1 aromatic carbocycles. The number of carbonyl (C=O) groups excluding carboxylic acids is 1. The molecule has 27 heavy (non-hydrogen) atoms. The molecule has 3 rings (SSSR count). The van der Waals surface area contributed by atoms with Crippen molar-refractivity contribution < 1.29 is 18.3 Å². The lowest BCUT2D eigenvalue weighted by molar-refractivity contribution is -0.0498. The van der Waals surface area contributed by atoms with Crippen molar-refractivity contribution >= 4 is 18.3 Å². The van der Waals surface area contributed by atoms with Crippen molar-refractivity contribution in [3.63, 3.8) is 0 Å². The monoisotopic (exact) mass is 401 g/mol. The Hall–Kier alpha value is -2.26. The number of hydrogen-bond acceptors (Lipinski definition) is 5. The van der Waals surface area contributed by atoms with Crippen LogP contribution in [0.15, 0.2) is 24.3 Å². The van der Waals surface area contributed by atoms with E-state index in [1.165, 1.54) is 12.1 Å². The van der Waals surface area contributed by atoms with Crippen molar-refractivity contribution in [2.45, 2.75) is 39.0 Å². The SMILES string of the molecule is Cc1c(C(=O)NCc2cccc(OC(F)F)c2)nnn1C1CCNCC1.Cl. The van der Waals surface area contributed by atoms with Crippen molar-refractivity contribution in [1.29, 1.82) is 0 Å². The Morgan fingerprint density at radius 1 is 1.41 bits per heavy atom. The number of nitrogens with zero attached hydrogens (tertiary/aromatic N) is 3. The number of carbonyl (C=O) groups is 1. The van der Waals surface area contributed by atoms with Crippen LogP contribution in [-0.4, -0.2) is 40.6 Å². The summed E-state index contributed by atoms with van der Waals surface area (Å²) in [5.74, 6) is -0.289. The Bertz CT molecular complexity index is 766. The fourth-order valence-corrected chi connectivity index (χ4v) is 3.05. The normalized spacial score (nSPS) is 14.7. The van der Waals surface area contributed by atoms with Gasteiger partial charge in [0.2, 0.25) is 0 Å². The molecule has 2 N–H and O–H groups in total. The summed E-state index contributed by atoms with van der Waals surface area (Å²) in [4.78, 5) is 12.4. The highest BCUT2D eigenvalue weighted by Gasteiger charge is 2.22. The summed E-state index contributed by atoms with van der Waals surface area (Å²) in [5, 5.41) is 14.2. The average molecular weight is 402 g/mol. The largest absolute Gasteiger partial charge is 0.435 e. The van der Waals surface area contributed by atoms with Crippen LogP contribution in [0.3, 0.4) is 0 Å². The molecule has 148 valence electrons. The maximum absolute atomic E-state index is 12.4. The predicted molar refractivity (Wildman–Crippen MR) is 97.4 cm³/mol. The van der Waals surface area contributed by atoms with Crippen molar-refractivity contribution in [2.75, 3.05) is 13.1 Å². The van der Waals surface area contributed by atoms with E-state index in [0.29, 0.717) is 5.56 Å². The number of ether oxygens (including phenoxy) is 1. The first kappa shape index (κ1) is 21.0. The number of hydrogen-bond donors (Lipinski definition) is 2. The predicted octanol–water partition coefficient (Wildman–Crippen LogP) is 2.46. The third-order valence-corrected chi connectivity index (χ3v) is 4.37. The van der Waals surface area contributed by atoms with E-state index in [4.69, 9.17) is 0 Å². The second-order valence-electron chi connectivity index (χ2n) is 6.16. The van der Waals surface area contributed by atoms with E-state index in [1.807, 2.05) is 11.6 Å². The minimum absolute atomic E-state index is 0. The lowest BCUT2D eigenvalue weighted by Gasteiger charge is -2.23. The number of rotatable bonds is 6. The van der Waals surface area contributed by atoms with Crippen LogP contribution in [0.2, 0.25) is 0 Å². The van der Waals surface area contributed by atoms with E-state index < -0.39 is 6.61 Å². The van der Waals surface area contributed by atoms with Gasteiger partial charge in [0.1, 0.15) is 5.75 Å². The topological polar surface area (TPSA) is 81.1 Å². The van der Waals surface area contributed by atoms with Crippen LogP contribution in [0.1, 0.15) is 40.6 Å². The van der Waals surface area contributed by atoms with Crippen LogP contribution in [0.25, 0.3) is 0 Å². The first-order valence-electron chi connectivity index (χ1n) is 8.49. The number of aromatic nitrogens is 3. The van der Waals surface area contributed by atoms with Crippen LogP contribution in [0.5, 0.6) is 5.75 Å². The molecule has 0 bridgehead atoms. The molecular weight excluding hydrogens is 380 g/mol. The van der Waals surface area contributed by atoms with Crippen LogP contribution in [0.4, 0.5) is 8.78 Å². The van der Waals surface area contributed by atoms with E-state index in [1.54, 1.807) is 12.1 Å². The summed E-state index contributed by atoms with van der Waals surface area (Å²) in [7, 11) is 0. The van der Waals surface area contributed by atoms with Gasteiger partial charge in [-0.1, -0.05) is 17.3 Å². The van der Waals surface area contributed by atoms with Crippen molar-refractivity contribution in [2.24, 2.45) is 0 Å². The van der Waals surface area contributed by atoms with Gasteiger partial charge in [-0.15, -0.1) is 17.5 Å². The molecule has 1 aromatic heterocycles. The molecule has 7 nitrogen and oxygen atoms in total. The molecule has 1 aliphatic heterocycles. The lowest BCUT2D eigenvalue weighted by atomic mass is 10.1. The molecule has 1 aliphatic rings. The summed E-state index contributed by atoms with van der Waals surface area (Å²) >= 11 is 0. The van der Waals surface area contributed by atoms with Crippen LogP contribution < -0.4 is 15.4 Å². The van der Waals surface area contributed by atoms with Gasteiger partial charge in [0.15, 0.2) is 5.69 Å². The number of amides is 1. The van der Waals surface area contributed by atoms with Gasteiger partial charge in [0.05, 0.1) is 11.7 Å². The fraction of sp³-hybridized carbons (Fsp3) is 0.471. The molecular formula is C17H22ClF2N5O2. The number of nitrogens with one attached hydrogen (secondary N) is 2. The second-order valence-corrected chi connectivity index (χ2v) is 6.16. The van der Waals surface area contributed by atoms with E-state index in [-0.39, 0.29) is 42.3 Å². The molecule has 10 heteroatoms. The first-order valence-corrected chi connectivity index (χ1v) is 8.49. The highest BCUT2D eigenvalue weighted by molar-refractivity contribution is 5.93. The zero-order valence-corrected chi connectivity index (χ0v) is 15.6. The number of halogens is 3. The first-order chi connectivity index (χ1) is 12.5. The minimum atomic E-state index is -2.88. The van der Waals surface area contributed by atoms with Crippen molar-refractivity contribution in [1.82, 2.24) is 25.6 Å². The third-order valence-electron chi connectivity index (χ3n) is 4.37. The molecule has 0 radical (unpaired) electrons. The molecule has 0 aliphatic carbocycles. The molecule has 1 amide bonds. The highest BCUT2D eigenvalue weighted by atomic mass is 35.5. The van der Waals surface area contributed by atoms with Gasteiger partial charge in [0, 0.05) is 6.54 Å². The molecule has 1 saturated heterocycles. The van der Waals surface area contributed by atoms with E-state index >= 15 is 0 Å². The third kappa shape index (κ3) is 5.36. The lowest BCUT2D eigenvalue weighted by Crippen LogP contribution is -2.30. The molecule has 2 heterocycles. The molecule has 1 fully saturated rings. The quantitative estimate of drug-likeness (QED) is 0.777. The van der Waals surface area contributed by atoms with Crippen molar-refractivity contribution in [3.8, 4) is 5.75 Å². The number of piperidine rings is 1. The van der Waals surface area contributed by atoms with Gasteiger partial charge in [-0.05, 0) is 50.6 Å². The van der Waals surface area contributed by atoms with E-state index in [0.717, 1.165) is 31.6 Å². The highest BCUT2D eigenvalue weighted by Crippen LogP contribution is 2.20. The molecule has 0 saturated carbocycles. The molecule has 0 unspecified atom stereocenters. The van der Waals surface area contributed by atoms with Gasteiger partial charge in [-0.3, -0.25) is 4.79 Å². The fourth-order valence-electron chi connectivity index (χ4n) is 3.05. The van der Waals surface area contributed by atoms with Crippen molar-refractivity contribution in [3.05, 3.63) is 41.2 Å². The number of benzene rings is 1.